The van der Waals surface area contributed by atoms with E-state index in [0.717, 1.165) is 24.4 Å². The summed E-state index contributed by atoms with van der Waals surface area (Å²) < 4.78 is 54.9. The van der Waals surface area contributed by atoms with Crippen molar-refractivity contribution in [3.05, 3.63) is 88.5 Å². The van der Waals surface area contributed by atoms with Crippen LogP contribution in [0.1, 0.15) is 21.6 Å². The molecule has 0 saturated carbocycles. The predicted octanol–water partition coefficient (Wildman–Crippen LogP) is 4.02. The van der Waals surface area contributed by atoms with Gasteiger partial charge < -0.3 is 10.6 Å². The summed E-state index contributed by atoms with van der Waals surface area (Å²) in [6, 6.07) is 10.2. The summed E-state index contributed by atoms with van der Waals surface area (Å²) in [5.74, 6) is -2.58. The number of imide groups is 1. The van der Waals surface area contributed by atoms with Gasteiger partial charge in [-0.25, -0.2) is 9.18 Å². The molecule has 12 heteroatoms. The molecule has 0 bridgehead atoms. The number of hydrogen-bond donors (Lipinski definition) is 3. The summed E-state index contributed by atoms with van der Waals surface area (Å²) in [5.41, 5.74) is -3.76. The van der Waals surface area contributed by atoms with Crippen LogP contribution in [0.25, 0.3) is 11.1 Å². The lowest BCUT2D eigenvalue weighted by Crippen LogP contribution is -2.54. The average Bonchev–Trinajstić information content (AvgIpc) is 3.11. The monoisotopic (exact) mass is 506 g/mol. The minimum atomic E-state index is -4.90. The maximum absolute atomic E-state index is 14.0. The van der Waals surface area contributed by atoms with Gasteiger partial charge in [0.1, 0.15) is 5.82 Å². The minimum Gasteiger partial charge on any atom is -0.349 e. The molecule has 4 rings (SSSR count). The number of nitrogens with one attached hydrogen (secondary N) is 3. The second kappa shape index (κ2) is 8.99. The summed E-state index contributed by atoms with van der Waals surface area (Å²) >= 11 is 5.89. The lowest BCUT2D eigenvalue weighted by Gasteiger charge is -2.28. The van der Waals surface area contributed by atoms with Crippen molar-refractivity contribution in [3.8, 4) is 11.1 Å². The normalized spacial score (nSPS) is 17.6. The second-order valence-corrected chi connectivity index (χ2v) is 8.03. The third kappa shape index (κ3) is 4.67. The van der Waals surface area contributed by atoms with E-state index in [9.17, 15) is 31.9 Å². The van der Waals surface area contributed by atoms with Crippen molar-refractivity contribution < 1.29 is 31.9 Å². The molecule has 1 aromatic heterocycles. The van der Waals surface area contributed by atoms with Gasteiger partial charge in [-0.1, -0.05) is 23.7 Å². The summed E-state index contributed by atoms with van der Waals surface area (Å²) in [5, 5.41) is 6.85. The smallest absolute Gasteiger partial charge is 0.349 e. The highest BCUT2D eigenvalue weighted by Gasteiger charge is 2.53. The molecular formula is C23H15ClF4N4O3. The average molecular weight is 507 g/mol. The van der Waals surface area contributed by atoms with Gasteiger partial charge in [0.2, 0.25) is 0 Å². The van der Waals surface area contributed by atoms with Gasteiger partial charge in [0, 0.05) is 16.8 Å². The van der Waals surface area contributed by atoms with Crippen LogP contribution in [0.4, 0.5) is 22.4 Å². The molecule has 4 amide bonds. The van der Waals surface area contributed by atoms with Gasteiger partial charge >= 0.3 is 12.2 Å². The molecule has 180 valence electrons. The molecular weight excluding hydrogens is 492 g/mol. The maximum atomic E-state index is 14.0. The Balaban J connectivity index is 1.71. The fourth-order valence-corrected chi connectivity index (χ4v) is 3.86. The van der Waals surface area contributed by atoms with Crippen LogP contribution >= 0.6 is 11.6 Å². The van der Waals surface area contributed by atoms with Crippen molar-refractivity contribution in [2.24, 2.45) is 0 Å². The molecule has 35 heavy (non-hydrogen) atoms. The van der Waals surface area contributed by atoms with Gasteiger partial charge in [0.05, 0.1) is 17.8 Å². The van der Waals surface area contributed by atoms with E-state index < -0.39 is 53.2 Å². The molecule has 3 N–H and O–H groups in total. The third-order valence-corrected chi connectivity index (χ3v) is 5.61. The van der Waals surface area contributed by atoms with Gasteiger partial charge in [0.25, 0.3) is 11.8 Å². The van der Waals surface area contributed by atoms with Crippen molar-refractivity contribution in [2.45, 2.75) is 11.7 Å². The fourth-order valence-electron chi connectivity index (χ4n) is 3.73. The quantitative estimate of drug-likeness (QED) is 0.359. The zero-order chi connectivity index (χ0) is 25.4. The summed E-state index contributed by atoms with van der Waals surface area (Å²) in [4.78, 5) is 41.4. The number of hydrogen-bond acceptors (Lipinski definition) is 4. The number of benzene rings is 2. The number of alkyl halides is 3. The third-order valence-electron chi connectivity index (χ3n) is 5.35. The summed E-state index contributed by atoms with van der Waals surface area (Å²) in [6.45, 7) is -0.763. The van der Waals surface area contributed by atoms with Crippen LogP contribution < -0.4 is 16.0 Å². The van der Waals surface area contributed by atoms with Gasteiger partial charge in [0.15, 0.2) is 5.54 Å². The summed E-state index contributed by atoms with van der Waals surface area (Å²) in [6.07, 6.45) is -3.86. The number of aromatic nitrogens is 1. The Bertz CT molecular complexity index is 1330. The first-order valence-corrected chi connectivity index (χ1v) is 10.4. The zero-order valence-electron chi connectivity index (χ0n) is 17.5. The van der Waals surface area contributed by atoms with Crippen LogP contribution in [0.15, 0.2) is 60.8 Å². The molecule has 1 atom stereocenters. The van der Waals surface area contributed by atoms with Crippen molar-refractivity contribution in [1.29, 1.82) is 0 Å². The molecule has 3 aromatic rings. The fraction of sp³-hybridized carbons (Fsp3) is 0.130. The number of amides is 4. The highest BCUT2D eigenvalue weighted by Crippen LogP contribution is 2.36. The Kier molecular flexibility index (Phi) is 6.20. The van der Waals surface area contributed by atoms with Gasteiger partial charge in [-0.2, -0.15) is 13.2 Å². The standard InChI is InChI=1S/C23H15ClF4N4O3/c24-13-5-3-12(4-6-13)16-10-14(25)7-8-15(16)19(33)30-11-22(20(34)31-21(35)32-22)18-17(23(26,27)28)2-1-9-29-18/h1-10H,11H2,(H,30,33)(H2,31,32,34,35)/t22-/m1/s1. The number of carbonyl (C=O) groups is 3. The van der Waals surface area contributed by atoms with E-state index in [1.165, 1.54) is 18.2 Å². The first kappa shape index (κ1) is 24.1. The van der Waals surface area contributed by atoms with Crippen LogP contribution in [0.3, 0.4) is 0 Å². The number of rotatable bonds is 5. The van der Waals surface area contributed by atoms with E-state index in [2.05, 4.69) is 15.6 Å². The molecule has 1 saturated heterocycles. The molecule has 1 fully saturated rings. The van der Waals surface area contributed by atoms with Crippen molar-refractivity contribution in [1.82, 2.24) is 20.9 Å². The van der Waals surface area contributed by atoms with Crippen LogP contribution in [-0.2, 0) is 16.5 Å². The Labute approximate surface area is 200 Å². The number of halogens is 5. The predicted molar refractivity (Wildman–Crippen MR) is 117 cm³/mol. The van der Waals surface area contributed by atoms with E-state index >= 15 is 0 Å². The van der Waals surface area contributed by atoms with E-state index in [1.54, 1.807) is 12.1 Å². The van der Waals surface area contributed by atoms with E-state index in [0.29, 0.717) is 16.7 Å². The first-order chi connectivity index (χ1) is 16.5. The van der Waals surface area contributed by atoms with Crippen molar-refractivity contribution in [3.63, 3.8) is 0 Å². The maximum Gasteiger partial charge on any atom is 0.418 e. The lowest BCUT2D eigenvalue weighted by atomic mass is 9.90. The van der Waals surface area contributed by atoms with Crippen LogP contribution in [0.2, 0.25) is 5.02 Å². The molecule has 0 aliphatic carbocycles. The highest BCUT2D eigenvalue weighted by molar-refractivity contribution is 6.30. The van der Waals surface area contributed by atoms with Crippen molar-refractivity contribution in [2.75, 3.05) is 6.54 Å². The molecule has 7 nitrogen and oxygen atoms in total. The zero-order valence-corrected chi connectivity index (χ0v) is 18.3. The number of urea groups is 1. The van der Waals surface area contributed by atoms with Gasteiger partial charge in [-0.3, -0.25) is 19.9 Å². The lowest BCUT2D eigenvalue weighted by molar-refractivity contribution is -0.139. The van der Waals surface area contributed by atoms with E-state index in [-0.39, 0.29) is 11.1 Å². The van der Waals surface area contributed by atoms with Crippen LogP contribution in [0, 0.1) is 5.82 Å². The second-order valence-electron chi connectivity index (χ2n) is 7.59. The highest BCUT2D eigenvalue weighted by atomic mass is 35.5. The van der Waals surface area contributed by atoms with E-state index in [1.807, 2.05) is 5.32 Å². The number of nitrogens with zero attached hydrogens (tertiary/aromatic N) is 1. The molecule has 0 unspecified atom stereocenters. The minimum absolute atomic E-state index is 0.0225. The Morgan fingerprint density at radius 3 is 2.43 bits per heavy atom. The molecule has 1 aliphatic rings. The molecule has 2 heterocycles. The Morgan fingerprint density at radius 1 is 1.09 bits per heavy atom. The topological polar surface area (TPSA) is 100 Å². The summed E-state index contributed by atoms with van der Waals surface area (Å²) in [7, 11) is 0. The Hall–Kier alpha value is -3.99. The Morgan fingerprint density at radius 2 is 1.80 bits per heavy atom. The molecule has 1 aliphatic heterocycles. The SMILES string of the molecule is O=C1NC(=O)[C@@](CNC(=O)c2ccc(F)cc2-c2ccc(Cl)cc2)(c2ncccc2C(F)(F)F)N1. The number of carbonyl (C=O) groups excluding carboxylic acids is 3. The van der Waals surface area contributed by atoms with Crippen LogP contribution in [0.5, 0.6) is 0 Å². The van der Waals surface area contributed by atoms with Crippen LogP contribution in [-0.4, -0.2) is 29.4 Å². The number of pyridine rings is 1. The van der Waals surface area contributed by atoms with Crippen molar-refractivity contribution >= 4 is 29.4 Å². The largest absolute Gasteiger partial charge is 0.418 e. The van der Waals surface area contributed by atoms with E-state index in [4.69, 9.17) is 11.6 Å². The van der Waals surface area contributed by atoms with Gasteiger partial charge in [-0.05, 0) is 53.6 Å². The molecule has 0 spiro atoms. The van der Waals surface area contributed by atoms with Gasteiger partial charge in [-0.15, -0.1) is 0 Å². The molecule has 2 aromatic carbocycles. The molecule has 0 radical (unpaired) electrons. The first-order valence-electron chi connectivity index (χ1n) is 10.0.